The van der Waals surface area contributed by atoms with Crippen LogP contribution in [-0.4, -0.2) is 42.8 Å². The van der Waals surface area contributed by atoms with Crippen molar-refractivity contribution < 1.29 is 28.7 Å². The van der Waals surface area contributed by atoms with Crippen LogP contribution in [-0.2, 0) is 9.47 Å². The van der Waals surface area contributed by atoms with Crippen LogP contribution in [0.25, 0.3) is 16.9 Å². The fraction of sp³-hybridized carbons (Fsp3) is 0.143. The minimum atomic E-state index is -0.737. The Kier molecular flexibility index (Phi) is 5.82. The molecule has 0 saturated heterocycles. The molecule has 0 aliphatic heterocycles. The zero-order chi connectivity index (χ0) is 21.8. The fourth-order valence-corrected chi connectivity index (χ4v) is 3.04. The molecule has 0 N–H and O–H groups in total. The Labute approximate surface area is 171 Å². The molecule has 0 fully saturated rings. The normalized spacial score (nSPS) is 10.4. The molecular formula is C21H18N2O7. The standard InChI is InChI=1S/C21H18N2O7/c1-28-16-10-8-14(9-11-16)22-18(13-4-6-15(7-5-13)23(26)27)12-17(20(24)29-2)19(22)21(25)30-3/h4-12H,1-3H3. The van der Waals surface area contributed by atoms with Crippen molar-refractivity contribution in [3.05, 3.63) is 76.0 Å². The van der Waals surface area contributed by atoms with E-state index in [0.29, 0.717) is 22.7 Å². The van der Waals surface area contributed by atoms with Gasteiger partial charge in [-0.1, -0.05) is 0 Å². The van der Waals surface area contributed by atoms with Gasteiger partial charge in [0.15, 0.2) is 0 Å². The predicted molar refractivity (Wildman–Crippen MR) is 107 cm³/mol. The van der Waals surface area contributed by atoms with Crippen LogP contribution in [0.3, 0.4) is 0 Å². The van der Waals surface area contributed by atoms with E-state index in [9.17, 15) is 19.7 Å². The summed E-state index contributed by atoms with van der Waals surface area (Å²) in [5, 5.41) is 11.0. The van der Waals surface area contributed by atoms with Gasteiger partial charge in [-0.15, -0.1) is 0 Å². The second-order valence-corrected chi connectivity index (χ2v) is 6.11. The zero-order valence-corrected chi connectivity index (χ0v) is 16.4. The van der Waals surface area contributed by atoms with Crippen LogP contribution in [0.4, 0.5) is 5.69 Å². The summed E-state index contributed by atoms with van der Waals surface area (Å²) in [5.41, 5.74) is 1.46. The summed E-state index contributed by atoms with van der Waals surface area (Å²) in [6.07, 6.45) is 0. The number of rotatable bonds is 6. The van der Waals surface area contributed by atoms with E-state index < -0.39 is 16.9 Å². The molecule has 0 radical (unpaired) electrons. The molecule has 30 heavy (non-hydrogen) atoms. The summed E-state index contributed by atoms with van der Waals surface area (Å²) >= 11 is 0. The number of nitro benzene ring substituents is 1. The Morgan fingerprint density at radius 2 is 1.50 bits per heavy atom. The van der Waals surface area contributed by atoms with Crippen molar-refractivity contribution in [3.8, 4) is 22.7 Å². The largest absolute Gasteiger partial charge is 0.497 e. The summed E-state index contributed by atoms with van der Waals surface area (Å²) in [7, 11) is 3.95. The molecule has 1 heterocycles. The van der Waals surface area contributed by atoms with E-state index in [1.165, 1.54) is 51.7 Å². The molecule has 0 aliphatic carbocycles. The van der Waals surface area contributed by atoms with Crippen molar-refractivity contribution in [2.24, 2.45) is 0 Å². The Bertz CT molecular complexity index is 1100. The van der Waals surface area contributed by atoms with Crippen molar-refractivity contribution >= 4 is 17.6 Å². The smallest absolute Gasteiger partial charge is 0.355 e. The number of esters is 2. The quantitative estimate of drug-likeness (QED) is 0.347. The number of carbonyl (C=O) groups is 2. The number of nitro groups is 1. The SMILES string of the molecule is COC(=O)c1cc(-c2ccc([N+](=O)[O-])cc2)n(-c2ccc(OC)cc2)c1C(=O)OC. The third-order valence-electron chi connectivity index (χ3n) is 4.49. The Morgan fingerprint density at radius 1 is 0.900 bits per heavy atom. The van der Waals surface area contributed by atoms with Crippen LogP contribution in [0, 0.1) is 10.1 Å². The Balaban J connectivity index is 2.31. The van der Waals surface area contributed by atoms with E-state index >= 15 is 0 Å². The second-order valence-electron chi connectivity index (χ2n) is 6.11. The van der Waals surface area contributed by atoms with Gasteiger partial charge in [-0.25, -0.2) is 9.59 Å². The molecule has 9 nitrogen and oxygen atoms in total. The van der Waals surface area contributed by atoms with Gasteiger partial charge in [-0.3, -0.25) is 10.1 Å². The number of nitrogens with zero attached hydrogens (tertiary/aromatic N) is 2. The van der Waals surface area contributed by atoms with Gasteiger partial charge in [0.1, 0.15) is 11.4 Å². The van der Waals surface area contributed by atoms with Gasteiger partial charge in [-0.05, 0) is 48.0 Å². The lowest BCUT2D eigenvalue weighted by Gasteiger charge is -2.14. The van der Waals surface area contributed by atoms with Crippen molar-refractivity contribution in [1.29, 1.82) is 0 Å². The lowest BCUT2D eigenvalue weighted by molar-refractivity contribution is -0.384. The molecule has 0 unspecified atom stereocenters. The van der Waals surface area contributed by atoms with Crippen molar-refractivity contribution in [2.75, 3.05) is 21.3 Å². The number of benzene rings is 2. The average Bonchev–Trinajstić information content (AvgIpc) is 3.18. The number of carbonyl (C=O) groups excluding carboxylic acids is 2. The minimum absolute atomic E-state index is 0.00789. The molecule has 0 saturated carbocycles. The van der Waals surface area contributed by atoms with E-state index in [1.807, 2.05) is 0 Å². The Morgan fingerprint density at radius 3 is 2.00 bits per heavy atom. The number of methoxy groups -OCH3 is 3. The summed E-state index contributed by atoms with van der Waals surface area (Å²) in [5.74, 6) is -0.846. The minimum Gasteiger partial charge on any atom is -0.497 e. The first-order valence-electron chi connectivity index (χ1n) is 8.73. The predicted octanol–water partition coefficient (Wildman–Crippen LogP) is 3.63. The maximum absolute atomic E-state index is 12.6. The molecular weight excluding hydrogens is 392 g/mol. The van der Waals surface area contributed by atoms with Crippen molar-refractivity contribution in [2.45, 2.75) is 0 Å². The first kappa shape index (κ1) is 20.6. The van der Waals surface area contributed by atoms with Crippen LogP contribution in [0.2, 0.25) is 0 Å². The molecule has 3 aromatic rings. The molecule has 1 aromatic heterocycles. The lowest BCUT2D eigenvalue weighted by atomic mass is 10.1. The van der Waals surface area contributed by atoms with E-state index in [-0.39, 0.29) is 16.9 Å². The number of non-ortho nitro benzene ring substituents is 1. The van der Waals surface area contributed by atoms with Gasteiger partial charge in [0.2, 0.25) is 0 Å². The second kappa shape index (κ2) is 8.48. The van der Waals surface area contributed by atoms with Crippen molar-refractivity contribution in [3.63, 3.8) is 0 Å². The molecule has 154 valence electrons. The molecule has 0 bridgehead atoms. The van der Waals surface area contributed by atoms with Gasteiger partial charge in [0.05, 0.1) is 37.5 Å². The highest BCUT2D eigenvalue weighted by Crippen LogP contribution is 2.32. The summed E-state index contributed by atoms with van der Waals surface area (Å²) in [4.78, 5) is 35.4. The highest BCUT2D eigenvalue weighted by Gasteiger charge is 2.28. The average molecular weight is 410 g/mol. The maximum atomic E-state index is 12.6. The van der Waals surface area contributed by atoms with E-state index in [2.05, 4.69) is 0 Å². The number of ether oxygens (including phenoxy) is 3. The third-order valence-corrected chi connectivity index (χ3v) is 4.49. The van der Waals surface area contributed by atoms with E-state index in [0.717, 1.165) is 0 Å². The van der Waals surface area contributed by atoms with Crippen LogP contribution in [0.1, 0.15) is 20.8 Å². The lowest BCUT2D eigenvalue weighted by Crippen LogP contribution is -2.15. The van der Waals surface area contributed by atoms with Crippen LogP contribution < -0.4 is 4.74 Å². The number of aromatic nitrogens is 1. The van der Waals surface area contributed by atoms with Crippen molar-refractivity contribution in [1.82, 2.24) is 4.57 Å². The molecule has 2 aromatic carbocycles. The number of hydrogen-bond acceptors (Lipinski definition) is 7. The molecule has 0 atom stereocenters. The van der Waals surface area contributed by atoms with Gasteiger partial charge in [0, 0.05) is 17.8 Å². The Hall–Kier alpha value is -4.14. The highest BCUT2D eigenvalue weighted by atomic mass is 16.6. The fourth-order valence-electron chi connectivity index (χ4n) is 3.04. The highest BCUT2D eigenvalue weighted by molar-refractivity contribution is 6.04. The van der Waals surface area contributed by atoms with E-state index in [1.54, 1.807) is 28.8 Å². The molecule has 0 amide bonds. The molecule has 0 aliphatic rings. The molecule has 0 spiro atoms. The van der Waals surface area contributed by atoms with E-state index in [4.69, 9.17) is 14.2 Å². The first-order valence-corrected chi connectivity index (χ1v) is 8.73. The van der Waals surface area contributed by atoms with Gasteiger partial charge < -0.3 is 18.8 Å². The van der Waals surface area contributed by atoms with Crippen LogP contribution in [0.15, 0.2) is 54.6 Å². The summed E-state index contributed by atoms with van der Waals surface area (Å²) in [6, 6.07) is 14.1. The maximum Gasteiger partial charge on any atom is 0.355 e. The zero-order valence-electron chi connectivity index (χ0n) is 16.4. The van der Waals surface area contributed by atoms with Crippen LogP contribution in [0.5, 0.6) is 5.75 Å². The van der Waals surface area contributed by atoms with Gasteiger partial charge in [0.25, 0.3) is 5.69 Å². The van der Waals surface area contributed by atoms with Gasteiger partial charge in [-0.2, -0.15) is 0 Å². The van der Waals surface area contributed by atoms with Gasteiger partial charge >= 0.3 is 11.9 Å². The first-order chi connectivity index (χ1) is 14.4. The summed E-state index contributed by atoms with van der Waals surface area (Å²) < 4.78 is 16.4. The monoisotopic (exact) mass is 410 g/mol. The third kappa shape index (κ3) is 3.72. The number of hydrogen-bond donors (Lipinski definition) is 0. The van der Waals surface area contributed by atoms with Crippen LogP contribution >= 0.6 is 0 Å². The molecule has 3 rings (SSSR count). The molecule has 9 heteroatoms. The topological polar surface area (TPSA) is 110 Å². The summed E-state index contributed by atoms with van der Waals surface area (Å²) in [6.45, 7) is 0.